The molecule has 2 aliphatic heterocycles. The highest BCUT2D eigenvalue weighted by Gasteiger charge is 2.38. The van der Waals surface area contributed by atoms with Crippen molar-refractivity contribution in [3.8, 4) is 11.5 Å². The Morgan fingerprint density at radius 2 is 1.74 bits per heavy atom. The summed E-state index contributed by atoms with van der Waals surface area (Å²) in [5.41, 5.74) is 3.00. The summed E-state index contributed by atoms with van der Waals surface area (Å²) in [6, 6.07) is 14.2. The molecule has 2 heterocycles. The molecule has 0 aromatic heterocycles. The summed E-state index contributed by atoms with van der Waals surface area (Å²) >= 11 is 1.47. The summed E-state index contributed by atoms with van der Waals surface area (Å²) in [6.45, 7) is 3.17. The van der Waals surface area contributed by atoms with Crippen LogP contribution in [-0.4, -0.2) is 35.2 Å². The number of amides is 1. The fourth-order valence-corrected chi connectivity index (χ4v) is 5.32. The van der Waals surface area contributed by atoms with Gasteiger partial charge in [0.05, 0.1) is 10.6 Å². The van der Waals surface area contributed by atoms with Gasteiger partial charge in [0, 0.05) is 6.04 Å². The second kappa shape index (κ2) is 8.79. The van der Waals surface area contributed by atoms with Crippen molar-refractivity contribution in [1.82, 2.24) is 4.90 Å². The zero-order chi connectivity index (χ0) is 21.2. The lowest BCUT2D eigenvalue weighted by atomic mass is 9.94. The molecular formula is C25H26N2O3S. The minimum absolute atomic E-state index is 0.0534. The molecule has 160 valence electrons. The van der Waals surface area contributed by atoms with Crippen molar-refractivity contribution in [3.05, 3.63) is 58.5 Å². The third kappa shape index (κ3) is 4.35. The molecule has 0 unspecified atom stereocenters. The predicted octanol–water partition coefficient (Wildman–Crippen LogP) is 5.70. The smallest absolute Gasteiger partial charge is 0.267 e. The number of thioether (sulfide) groups is 1. The van der Waals surface area contributed by atoms with Crippen molar-refractivity contribution in [2.45, 2.75) is 45.1 Å². The quantitative estimate of drug-likeness (QED) is 0.581. The summed E-state index contributed by atoms with van der Waals surface area (Å²) in [5.74, 6) is 1.54. The molecule has 0 N–H and O–H groups in total. The molecule has 0 bridgehead atoms. The Bertz CT molecular complexity index is 1040. The summed E-state index contributed by atoms with van der Waals surface area (Å²) in [6.07, 6.45) is 7.60. The average molecular weight is 435 g/mol. The van der Waals surface area contributed by atoms with Gasteiger partial charge in [-0.2, -0.15) is 0 Å². The number of carbonyl (C=O) groups is 1. The van der Waals surface area contributed by atoms with Crippen molar-refractivity contribution in [2.24, 2.45) is 4.99 Å². The van der Waals surface area contributed by atoms with Crippen LogP contribution in [0.15, 0.2) is 52.4 Å². The van der Waals surface area contributed by atoms with E-state index in [1.807, 2.05) is 41.3 Å². The Hall–Kier alpha value is -2.73. The number of rotatable bonds is 3. The molecule has 2 aromatic rings. The number of aryl methyl sites for hydroxylation is 1. The Balaban J connectivity index is 1.48. The molecule has 1 amide bonds. The first kappa shape index (κ1) is 20.2. The SMILES string of the molecule is Cc1ccc(N=C2S/C(=C\c3ccc4c(c3)OCCO4)C(=O)N2C2CCCCC2)cc1. The summed E-state index contributed by atoms with van der Waals surface area (Å²) in [4.78, 5) is 21.0. The minimum Gasteiger partial charge on any atom is -0.486 e. The first-order valence-electron chi connectivity index (χ1n) is 11.0. The van der Waals surface area contributed by atoms with E-state index in [1.165, 1.54) is 23.7 Å². The van der Waals surface area contributed by atoms with Crippen LogP contribution in [0.2, 0.25) is 0 Å². The predicted molar refractivity (Wildman–Crippen MR) is 125 cm³/mol. The van der Waals surface area contributed by atoms with Crippen molar-refractivity contribution in [3.63, 3.8) is 0 Å². The lowest BCUT2D eigenvalue weighted by Crippen LogP contribution is -2.40. The number of benzene rings is 2. The van der Waals surface area contributed by atoms with Crippen LogP contribution < -0.4 is 9.47 Å². The standard InChI is InChI=1S/C25H26N2O3S/c1-17-7-10-19(11-8-17)26-25-27(20-5-3-2-4-6-20)24(28)23(31-25)16-18-9-12-21-22(15-18)30-14-13-29-21/h7-12,15-16,20H,2-6,13-14H2,1H3/b23-16-,26-25?. The summed E-state index contributed by atoms with van der Waals surface area (Å²) in [7, 11) is 0. The lowest BCUT2D eigenvalue weighted by molar-refractivity contribution is -0.124. The van der Waals surface area contributed by atoms with Gasteiger partial charge in [0.25, 0.3) is 5.91 Å². The number of fused-ring (bicyclic) bond motifs is 1. The van der Waals surface area contributed by atoms with Crippen LogP contribution in [0.5, 0.6) is 11.5 Å². The fraction of sp³-hybridized carbons (Fsp3) is 0.360. The van der Waals surface area contributed by atoms with Crippen molar-refractivity contribution >= 4 is 34.6 Å². The number of nitrogens with zero attached hydrogens (tertiary/aromatic N) is 2. The summed E-state index contributed by atoms with van der Waals surface area (Å²) < 4.78 is 11.3. The van der Waals surface area contributed by atoms with E-state index in [0.29, 0.717) is 18.1 Å². The van der Waals surface area contributed by atoms with Gasteiger partial charge < -0.3 is 9.47 Å². The fourth-order valence-electron chi connectivity index (χ4n) is 4.26. The van der Waals surface area contributed by atoms with Crippen molar-refractivity contribution in [2.75, 3.05) is 13.2 Å². The molecule has 5 nitrogen and oxygen atoms in total. The van der Waals surface area contributed by atoms with Crippen LogP contribution >= 0.6 is 11.8 Å². The Morgan fingerprint density at radius 3 is 2.52 bits per heavy atom. The lowest BCUT2D eigenvalue weighted by Gasteiger charge is -2.30. The molecule has 2 fully saturated rings. The topological polar surface area (TPSA) is 51.1 Å². The molecule has 0 spiro atoms. The third-order valence-corrected chi connectivity index (χ3v) is 6.88. The zero-order valence-electron chi connectivity index (χ0n) is 17.7. The molecule has 0 radical (unpaired) electrons. The highest BCUT2D eigenvalue weighted by molar-refractivity contribution is 8.18. The molecule has 6 heteroatoms. The first-order valence-corrected chi connectivity index (χ1v) is 11.8. The van der Waals surface area contributed by atoms with Gasteiger partial charge in [0.1, 0.15) is 13.2 Å². The monoisotopic (exact) mass is 434 g/mol. The van der Waals surface area contributed by atoms with E-state index in [1.54, 1.807) is 0 Å². The average Bonchev–Trinajstić information content (AvgIpc) is 3.10. The largest absolute Gasteiger partial charge is 0.486 e. The molecule has 31 heavy (non-hydrogen) atoms. The Kier molecular flexibility index (Phi) is 5.72. The van der Waals surface area contributed by atoms with Crippen LogP contribution in [0.3, 0.4) is 0 Å². The van der Waals surface area contributed by atoms with Gasteiger partial charge in [-0.25, -0.2) is 4.99 Å². The molecular weight excluding hydrogens is 408 g/mol. The second-order valence-corrected chi connectivity index (χ2v) is 9.22. The highest BCUT2D eigenvalue weighted by atomic mass is 32.2. The van der Waals surface area contributed by atoms with E-state index in [-0.39, 0.29) is 11.9 Å². The molecule has 2 aromatic carbocycles. The molecule has 3 aliphatic rings. The van der Waals surface area contributed by atoms with Crippen LogP contribution in [0.25, 0.3) is 6.08 Å². The van der Waals surface area contributed by atoms with E-state index in [4.69, 9.17) is 14.5 Å². The zero-order valence-corrected chi connectivity index (χ0v) is 18.5. The first-order chi connectivity index (χ1) is 15.2. The van der Waals surface area contributed by atoms with Crippen LogP contribution in [-0.2, 0) is 4.79 Å². The Labute approximate surface area is 187 Å². The van der Waals surface area contributed by atoms with Gasteiger partial charge in [-0.1, -0.05) is 43.0 Å². The number of carbonyl (C=O) groups excluding carboxylic acids is 1. The number of amidine groups is 1. The van der Waals surface area contributed by atoms with Crippen LogP contribution in [0.4, 0.5) is 5.69 Å². The van der Waals surface area contributed by atoms with Crippen LogP contribution in [0.1, 0.15) is 43.2 Å². The molecule has 1 aliphatic carbocycles. The molecule has 1 saturated carbocycles. The highest BCUT2D eigenvalue weighted by Crippen LogP contribution is 2.39. The van der Waals surface area contributed by atoms with Crippen LogP contribution in [0, 0.1) is 6.92 Å². The van der Waals surface area contributed by atoms with Gasteiger partial charge in [0.15, 0.2) is 16.7 Å². The number of ether oxygens (including phenoxy) is 2. The van der Waals surface area contributed by atoms with Crippen molar-refractivity contribution in [1.29, 1.82) is 0 Å². The van der Waals surface area contributed by atoms with E-state index in [0.717, 1.165) is 53.6 Å². The normalized spacial score (nSPS) is 21.8. The number of aliphatic imine (C=N–C) groups is 1. The van der Waals surface area contributed by atoms with E-state index >= 15 is 0 Å². The number of hydrogen-bond donors (Lipinski definition) is 0. The minimum atomic E-state index is 0.0534. The third-order valence-electron chi connectivity index (χ3n) is 5.90. The molecule has 5 rings (SSSR count). The van der Waals surface area contributed by atoms with Gasteiger partial charge in [-0.15, -0.1) is 0 Å². The van der Waals surface area contributed by atoms with E-state index in [2.05, 4.69) is 19.1 Å². The maximum Gasteiger partial charge on any atom is 0.267 e. The van der Waals surface area contributed by atoms with E-state index < -0.39 is 0 Å². The molecule has 1 saturated heterocycles. The van der Waals surface area contributed by atoms with Gasteiger partial charge in [-0.3, -0.25) is 9.69 Å². The Morgan fingerprint density at radius 1 is 1.00 bits per heavy atom. The maximum absolute atomic E-state index is 13.5. The van der Waals surface area contributed by atoms with Gasteiger partial charge in [-0.05, 0) is 67.4 Å². The second-order valence-electron chi connectivity index (χ2n) is 8.21. The van der Waals surface area contributed by atoms with Gasteiger partial charge >= 0.3 is 0 Å². The summed E-state index contributed by atoms with van der Waals surface area (Å²) in [5, 5.41) is 0.782. The van der Waals surface area contributed by atoms with Gasteiger partial charge in [0.2, 0.25) is 0 Å². The maximum atomic E-state index is 13.5. The number of hydrogen-bond acceptors (Lipinski definition) is 5. The van der Waals surface area contributed by atoms with Crippen molar-refractivity contribution < 1.29 is 14.3 Å². The molecule has 0 atom stereocenters. The van der Waals surface area contributed by atoms with E-state index in [9.17, 15) is 4.79 Å².